The van der Waals surface area contributed by atoms with Crippen molar-refractivity contribution in [2.24, 2.45) is 0 Å². The van der Waals surface area contributed by atoms with Gasteiger partial charge < -0.3 is 11.1 Å². The minimum absolute atomic E-state index is 0.0846. The normalized spacial score (nSPS) is 12.4. The van der Waals surface area contributed by atoms with Gasteiger partial charge in [-0.3, -0.25) is 4.79 Å². The average Bonchev–Trinajstić information content (AvgIpc) is 2.26. The summed E-state index contributed by atoms with van der Waals surface area (Å²) in [6.07, 6.45) is 0.803. The number of Topliss-reactive ketones (excluding diaryl/α,β-unsaturated/α-hetero) is 1. The maximum atomic E-state index is 12.0. The van der Waals surface area contributed by atoms with E-state index in [2.05, 4.69) is 5.32 Å². The quantitative estimate of drug-likeness (QED) is 0.571. The van der Waals surface area contributed by atoms with Gasteiger partial charge in [0.15, 0.2) is 5.78 Å². The Morgan fingerprint density at radius 3 is 2.40 bits per heavy atom. The third kappa shape index (κ3) is 3.06. The number of benzene rings is 1. The van der Waals surface area contributed by atoms with E-state index in [-0.39, 0.29) is 11.8 Å². The highest BCUT2D eigenvalue weighted by molar-refractivity contribution is 6.00. The minimum atomic E-state index is -0.0846. The van der Waals surface area contributed by atoms with Crippen molar-refractivity contribution >= 4 is 11.5 Å². The molecular formula is C12H18N2O. The van der Waals surface area contributed by atoms with Crippen LogP contribution >= 0.6 is 0 Å². The highest BCUT2D eigenvalue weighted by atomic mass is 16.1. The molecule has 0 radical (unpaired) electrons. The summed E-state index contributed by atoms with van der Waals surface area (Å²) >= 11 is 0. The number of ketones is 1. The van der Waals surface area contributed by atoms with Crippen molar-refractivity contribution in [1.29, 1.82) is 0 Å². The molecule has 3 heteroatoms. The van der Waals surface area contributed by atoms with E-state index in [1.165, 1.54) is 0 Å². The van der Waals surface area contributed by atoms with Crippen LogP contribution < -0.4 is 11.1 Å². The van der Waals surface area contributed by atoms with Crippen molar-refractivity contribution in [3.05, 3.63) is 29.8 Å². The van der Waals surface area contributed by atoms with E-state index in [1.54, 1.807) is 24.3 Å². The fraction of sp³-hybridized carbons (Fsp3) is 0.417. The van der Waals surface area contributed by atoms with Crippen molar-refractivity contribution < 1.29 is 4.79 Å². The summed E-state index contributed by atoms with van der Waals surface area (Å²) in [7, 11) is 0. The number of carbonyl (C=O) groups is 1. The van der Waals surface area contributed by atoms with E-state index >= 15 is 0 Å². The Hall–Kier alpha value is -1.35. The second-order valence-corrected chi connectivity index (χ2v) is 3.50. The van der Waals surface area contributed by atoms with Crippen molar-refractivity contribution in [2.45, 2.75) is 26.3 Å². The molecule has 0 bridgehead atoms. The Bertz CT molecular complexity index is 319. The third-order valence-electron chi connectivity index (χ3n) is 2.37. The molecule has 0 amide bonds. The van der Waals surface area contributed by atoms with E-state index in [1.807, 2.05) is 13.8 Å². The molecule has 1 aromatic rings. The Labute approximate surface area is 90.7 Å². The van der Waals surface area contributed by atoms with Gasteiger partial charge in [0.05, 0.1) is 6.04 Å². The lowest BCUT2D eigenvalue weighted by Crippen LogP contribution is -2.35. The van der Waals surface area contributed by atoms with Crippen LogP contribution in [0.15, 0.2) is 24.3 Å². The van der Waals surface area contributed by atoms with Crippen LogP contribution in [0.25, 0.3) is 0 Å². The van der Waals surface area contributed by atoms with Crippen LogP contribution in [0.3, 0.4) is 0 Å². The van der Waals surface area contributed by atoms with E-state index in [0.29, 0.717) is 5.69 Å². The lowest BCUT2D eigenvalue weighted by molar-refractivity contribution is 0.0941. The lowest BCUT2D eigenvalue weighted by atomic mass is 10.0. The maximum absolute atomic E-state index is 12.0. The minimum Gasteiger partial charge on any atom is -0.399 e. The van der Waals surface area contributed by atoms with Gasteiger partial charge in [-0.1, -0.05) is 13.8 Å². The first-order chi connectivity index (χ1) is 7.19. The predicted molar refractivity (Wildman–Crippen MR) is 62.9 cm³/mol. The average molecular weight is 206 g/mol. The molecule has 82 valence electrons. The Kier molecular flexibility index (Phi) is 4.31. The molecule has 0 aliphatic carbocycles. The molecular weight excluding hydrogens is 188 g/mol. The van der Waals surface area contributed by atoms with Crippen molar-refractivity contribution in [1.82, 2.24) is 5.32 Å². The van der Waals surface area contributed by atoms with E-state index in [4.69, 9.17) is 5.73 Å². The zero-order chi connectivity index (χ0) is 11.3. The summed E-state index contributed by atoms with van der Waals surface area (Å²) in [5, 5.41) is 3.16. The number of rotatable bonds is 5. The summed E-state index contributed by atoms with van der Waals surface area (Å²) in [5.41, 5.74) is 6.97. The van der Waals surface area contributed by atoms with E-state index in [0.717, 1.165) is 18.5 Å². The molecule has 3 nitrogen and oxygen atoms in total. The molecule has 0 saturated heterocycles. The van der Waals surface area contributed by atoms with Crippen LogP contribution in [0.5, 0.6) is 0 Å². The molecule has 0 aliphatic heterocycles. The zero-order valence-electron chi connectivity index (χ0n) is 9.29. The van der Waals surface area contributed by atoms with Gasteiger partial charge in [-0.15, -0.1) is 0 Å². The molecule has 1 atom stereocenters. The van der Waals surface area contributed by atoms with Crippen LogP contribution in [0.1, 0.15) is 30.6 Å². The number of carbonyl (C=O) groups excluding carboxylic acids is 1. The van der Waals surface area contributed by atoms with E-state index < -0.39 is 0 Å². The first-order valence-electron chi connectivity index (χ1n) is 5.32. The van der Waals surface area contributed by atoms with Crippen LogP contribution in [0.4, 0.5) is 5.69 Å². The number of hydrogen-bond acceptors (Lipinski definition) is 3. The van der Waals surface area contributed by atoms with Crippen molar-refractivity contribution in [3.63, 3.8) is 0 Å². The molecule has 1 rings (SSSR count). The highest BCUT2D eigenvalue weighted by Gasteiger charge is 2.16. The smallest absolute Gasteiger partial charge is 0.179 e. The summed E-state index contributed by atoms with van der Waals surface area (Å²) < 4.78 is 0. The largest absolute Gasteiger partial charge is 0.399 e. The van der Waals surface area contributed by atoms with Gasteiger partial charge in [0.2, 0.25) is 0 Å². The Balaban J connectivity index is 2.78. The first-order valence-corrected chi connectivity index (χ1v) is 5.32. The van der Waals surface area contributed by atoms with Gasteiger partial charge in [0.1, 0.15) is 0 Å². The second kappa shape index (κ2) is 5.51. The standard InChI is InChI=1S/C12H18N2O/c1-3-11(14-4-2)12(15)9-5-7-10(13)8-6-9/h5-8,11,14H,3-4,13H2,1-2H3. The summed E-state index contributed by atoms with van der Waals surface area (Å²) in [6.45, 7) is 4.81. The number of likely N-dealkylation sites (N-methyl/N-ethyl adjacent to an activating group) is 1. The summed E-state index contributed by atoms with van der Waals surface area (Å²) in [6, 6.07) is 6.98. The summed E-state index contributed by atoms with van der Waals surface area (Å²) in [5.74, 6) is 0.138. The molecule has 0 saturated carbocycles. The first kappa shape index (κ1) is 11.7. The zero-order valence-corrected chi connectivity index (χ0v) is 9.29. The van der Waals surface area contributed by atoms with Crippen LogP contribution in [0.2, 0.25) is 0 Å². The van der Waals surface area contributed by atoms with Gasteiger partial charge in [0, 0.05) is 11.3 Å². The van der Waals surface area contributed by atoms with Gasteiger partial charge in [-0.25, -0.2) is 0 Å². The fourth-order valence-corrected chi connectivity index (χ4v) is 1.52. The van der Waals surface area contributed by atoms with Crippen LogP contribution in [-0.4, -0.2) is 18.4 Å². The number of anilines is 1. The maximum Gasteiger partial charge on any atom is 0.179 e. The van der Waals surface area contributed by atoms with Gasteiger partial charge in [-0.05, 0) is 37.2 Å². The second-order valence-electron chi connectivity index (χ2n) is 3.50. The molecule has 0 aliphatic rings. The molecule has 3 N–H and O–H groups in total. The third-order valence-corrected chi connectivity index (χ3v) is 2.37. The number of nitrogens with two attached hydrogens (primary N) is 1. The molecule has 0 heterocycles. The van der Waals surface area contributed by atoms with E-state index in [9.17, 15) is 4.79 Å². The number of hydrogen-bond donors (Lipinski definition) is 2. The summed E-state index contributed by atoms with van der Waals surface area (Å²) in [4.78, 5) is 12.0. The van der Waals surface area contributed by atoms with Gasteiger partial charge in [0.25, 0.3) is 0 Å². The van der Waals surface area contributed by atoms with Gasteiger partial charge >= 0.3 is 0 Å². The van der Waals surface area contributed by atoms with Gasteiger partial charge in [-0.2, -0.15) is 0 Å². The molecule has 0 aromatic heterocycles. The lowest BCUT2D eigenvalue weighted by Gasteiger charge is -2.14. The predicted octanol–water partition coefficient (Wildman–Crippen LogP) is 1.84. The molecule has 1 unspecified atom stereocenters. The molecule has 15 heavy (non-hydrogen) atoms. The van der Waals surface area contributed by atoms with Crippen LogP contribution in [-0.2, 0) is 0 Å². The van der Waals surface area contributed by atoms with Crippen LogP contribution in [0, 0.1) is 0 Å². The fourth-order valence-electron chi connectivity index (χ4n) is 1.52. The monoisotopic (exact) mass is 206 g/mol. The Morgan fingerprint density at radius 1 is 1.33 bits per heavy atom. The SMILES string of the molecule is CCNC(CC)C(=O)c1ccc(N)cc1. The number of nitrogens with one attached hydrogen (secondary N) is 1. The molecule has 1 aromatic carbocycles. The Morgan fingerprint density at radius 2 is 1.93 bits per heavy atom. The van der Waals surface area contributed by atoms with Crippen molar-refractivity contribution in [2.75, 3.05) is 12.3 Å². The molecule has 0 fully saturated rings. The molecule has 0 spiro atoms. The topological polar surface area (TPSA) is 55.1 Å². The highest BCUT2D eigenvalue weighted by Crippen LogP contribution is 2.09. The number of nitrogen functional groups attached to an aromatic ring is 1. The van der Waals surface area contributed by atoms with Crippen molar-refractivity contribution in [3.8, 4) is 0 Å².